The average Bonchev–Trinajstić information content (AvgIpc) is 2.81. The molecule has 0 saturated carbocycles. The van der Waals surface area contributed by atoms with Crippen molar-refractivity contribution < 1.29 is 0 Å². The first-order chi connectivity index (χ1) is 15.8. The summed E-state index contributed by atoms with van der Waals surface area (Å²) in [6.45, 7) is 2.93. The Hall–Kier alpha value is -3.60. The zero-order valence-electron chi connectivity index (χ0n) is 17.8. The first-order valence-electron chi connectivity index (χ1n) is 11.3. The summed E-state index contributed by atoms with van der Waals surface area (Å²) < 4.78 is 0. The molecular formula is C28H24N4. The molecule has 0 amide bonds. The molecule has 32 heavy (non-hydrogen) atoms. The van der Waals surface area contributed by atoms with Crippen molar-refractivity contribution in [1.82, 2.24) is 9.80 Å². The molecule has 0 saturated heterocycles. The van der Waals surface area contributed by atoms with E-state index < -0.39 is 0 Å². The summed E-state index contributed by atoms with van der Waals surface area (Å²) in [6.07, 6.45) is 8.92. The van der Waals surface area contributed by atoms with Gasteiger partial charge in [0, 0.05) is 61.8 Å². The first kappa shape index (κ1) is 18.0. The Labute approximate surface area is 184 Å². The first-order valence-corrected chi connectivity index (χ1v) is 11.3. The molecule has 0 aliphatic carbocycles. The zero-order valence-corrected chi connectivity index (χ0v) is 17.8. The third kappa shape index (κ3) is 2.28. The lowest BCUT2D eigenvalue weighted by Crippen LogP contribution is -2.30. The fourth-order valence-electron chi connectivity index (χ4n) is 5.77. The van der Waals surface area contributed by atoms with Gasteiger partial charge in [-0.05, 0) is 53.2 Å². The van der Waals surface area contributed by atoms with Crippen LogP contribution in [0.25, 0.3) is 67.9 Å². The summed E-state index contributed by atoms with van der Waals surface area (Å²) in [5.41, 5.74) is 11.6. The predicted octanol–water partition coefficient (Wildman–Crippen LogP) is 1.24. The van der Waals surface area contributed by atoms with Gasteiger partial charge in [-0.3, -0.25) is 0 Å². The molecule has 0 radical (unpaired) electrons. The molecule has 4 nitrogen and oxygen atoms in total. The monoisotopic (exact) mass is 416 g/mol. The molecule has 5 aromatic carbocycles. The molecule has 0 unspecified atom stereocenters. The SMILES string of the molecule is NCCN1C=c2ccc3c4ccc5c6c(ccc(c7ccc(c2c37)=C1)c64)=CN(CCN)C=5. The van der Waals surface area contributed by atoms with E-state index in [1.807, 2.05) is 0 Å². The standard InChI is InChI=1S/C28H24N4/c29-9-11-31-13-17-1-5-21-22-6-3-19-15-32(12-10-30)16-20-4-8-24(28(22)26(19)20)23-7-2-18(14-31)25(17)27(21)23/h1-8,13-16H,9-12,29-30H2. The fourth-order valence-corrected chi connectivity index (χ4v) is 5.77. The molecule has 2 aliphatic rings. The van der Waals surface area contributed by atoms with E-state index in [-0.39, 0.29) is 0 Å². The molecule has 0 bridgehead atoms. The van der Waals surface area contributed by atoms with Crippen LogP contribution in [0, 0.1) is 0 Å². The van der Waals surface area contributed by atoms with Gasteiger partial charge >= 0.3 is 0 Å². The topological polar surface area (TPSA) is 58.5 Å². The molecule has 4 N–H and O–H groups in total. The lowest BCUT2D eigenvalue weighted by Gasteiger charge is -2.22. The number of hydrogen-bond acceptors (Lipinski definition) is 4. The van der Waals surface area contributed by atoms with Gasteiger partial charge in [0.15, 0.2) is 0 Å². The van der Waals surface area contributed by atoms with Crippen LogP contribution in [0.4, 0.5) is 0 Å². The third-order valence-electron chi connectivity index (χ3n) is 7.02. The van der Waals surface area contributed by atoms with Crippen LogP contribution in [0.2, 0.25) is 0 Å². The Balaban J connectivity index is 1.67. The Morgan fingerprint density at radius 3 is 1.03 bits per heavy atom. The summed E-state index contributed by atoms with van der Waals surface area (Å²) >= 11 is 0. The minimum atomic E-state index is 0.637. The average molecular weight is 417 g/mol. The van der Waals surface area contributed by atoms with Crippen molar-refractivity contribution in [3.05, 3.63) is 69.4 Å². The van der Waals surface area contributed by atoms with Crippen molar-refractivity contribution in [3.63, 3.8) is 0 Å². The van der Waals surface area contributed by atoms with Crippen LogP contribution in [-0.2, 0) is 0 Å². The van der Waals surface area contributed by atoms with E-state index in [2.05, 4.69) is 83.1 Å². The molecule has 0 fully saturated rings. The van der Waals surface area contributed by atoms with Crippen LogP contribution < -0.4 is 32.3 Å². The van der Waals surface area contributed by atoms with Crippen LogP contribution in [0.15, 0.2) is 48.5 Å². The number of rotatable bonds is 4. The summed E-state index contributed by atoms with van der Waals surface area (Å²) in [7, 11) is 0. The van der Waals surface area contributed by atoms with Gasteiger partial charge in [0.2, 0.25) is 0 Å². The number of nitrogens with zero attached hydrogens (tertiary/aromatic N) is 2. The van der Waals surface area contributed by atoms with Crippen LogP contribution in [0.5, 0.6) is 0 Å². The highest BCUT2D eigenvalue weighted by Crippen LogP contribution is 2.37. The molecule has 0 atom stereocenters. The summed E-state index contributed by atoms with van der Waals surface area (Å²) in [4.78, 5) is 4.42. The van der Waals surface area contributed by atoms with Gasteiger partial charge < -0.3 is 21.3 Å². The lowest BCUT2D eigenvalue weighted by molar-refractivity contribution is 0.598. The molecule has 156 valence electrons. The normalized spacial score (nSPS) is 14.7. The molecular weight excluding hydrogens is 392 g/mol. The van der Waals surface area contributed by atoms with E-state index in [9.17, 15) is 0 Å². The Morgan fingerprint density at radius 2 is 0.750 bits per heavy atom. The smallest absolute Gasteiger partial charge is 0.0343 e. The van der Waals surface area contributed by atoms with Crippen LogP contribution in [0.1, 0.15) is 0 Å². The number of fused-ring (bicyclic) bond motifs is 2. The Kier molecular flexibility index (Phi) is 3.63. The fraction of sp³-hybridized carbons (Fsp3) is 0.143. The van der Waals surface area contributed by atoms with Gasteiger partial charge in [-0.1, -0.05) is 48.5 Å². The largest absolute Gasteiger partial charge is 0.352 e. The molecule has 0 spiro atoms. The van der Waals surface area contributed by atoms with E-state index in [0.717, 1.165) is 13.1 Å². The van der Waals surface area contributed by atoms with Gasteiger partial charge in [-0.15, -0.1) is 0 Å². The maximum Gasteiger partial charge on any atom is 0.0343 e. The molecule has 7 rings (SSSR count). The molecule has 5 aromatic rings. The predicted molar refractivity (Wildman–Crippen MR) is 136 cm³/mol. The van der Waals surface area contributed by atoms with Crippen molar-refractivity contribution in [2.24, 2.45) is 11.5 Å². The Morgan fingerprint density at radius 1 is 0.438 bits per heavy atom. The second-order valence-corrected chi connectivity index (χ2v) is 8.88. The number of nitrogens with two attached hydrogens (primary N) is 2. The van der Waals surface area contributed by atoms with Crippen molar-refractivity contribution in [2.45, 2.75) is 0 Å². The zero-order chi connectivity index (χ0) is 21.4. The van der Waals surface area contributed by atoms with Crippen LogP contribution >= 0.6 is 0 Å². The van der Waals surface area contributed by atoms with Gasteiger partial charge in [-0.25, -0.2) is 0 Å². The van der Waals surface area contributed by atoms with Crippen molar-refractivity contribution in [1.29, 1.82) is 0 Å². The van der Waals surface area contributed by atoms with E-state index in [0.29, 0.717) is 13.1 Å². The maximum absolute atomic E-state index is 5.82. The minimum Gasteiger partial charge on any atom is -0.352 e. The van der Waals surface area contributed by atoms with E-state index >= 15 is 0 Å². The second kappa shape index (κ2) is 6.45. The molecule has 2 heterocycles. The molecule has 2 aliphatic heterocycles. The van der Waals surface area contributed by atoms with Crippen LogP contribution in [-0.4, -0.2) is 36.0 Å². The summed E-state index contributed by atoms with van der Waals surface area (Å²) in [5.74, 6) is 0. The summed E-state index contributed by atoms with van der Waals surface area (Å²) in [6, 6.07) is 18.3. The van der Waals surface area contributed by atoms with Gasteiger partial charge in [-0.2, -0.15) is 0 Å². The van der Waals surface area contributed by atoms with Gasteiger partial charge in [0.05, 0.1) is 0 Å². The lowest BCUT2D eigenvalue weighted by atomic mass is 9.87. The number of benzene rings is 5. The van der Waals surface area contributed by atoms with Gasteiger partial charge in [0.25, 0.3) is 0 Å². The van der Waals surface area contributed by atoms with Crippen molar-refractivity contribution >= 4 is 67.9 Å². The van der Waals surface area contributed by atoms with Crippen molar-refractivity contribution in [2.75, 3.05) is 26.2 Å². The summed E-state index contributed by atoms with van der Waals surface area (Å²) in [5, 5.41) is 15.8. The number of hydrogen-bond donors (Lipinski definition) is 2. The van der Waals surface area contributed by atoms with E-state index in [4.69, 9.17) is 11.5 Å². The van der Waals surface area contributed by atoms with Gasteiger partial charge in [0.1, 0.15) is 0 Å². The third-order valence-corrected chi connectivity index (χ3v) is 7.02. The highest BCUT2D eigenvalue weighted by atomic mass is 15.1. The highest BCUT2D eigenvalue weighted by Gasteiger charge is 2.17. The quantitative estimate of drug-likeness (QED) is 0.342. The minimum absolute atomic E-state index is 0.637. The van der Waals surface area contributed by atoms with Crippen molar-refractivity contribution in [3.8, 4) is 0 Å². The van der Waals surface area contributed by atoms with Crippen LogP contribution in [0.3, 0.4) is 0 Å². The molecule has 0 aromatic heterocycles. The van der Waals surface area contributed by atoms with E-state index in [1.54, 1.807) is 0 Å². The second-order valence-electron chi connectivity index (χ2n) is 8.88. The maximum atomic E-state index is 5.82. The molecule has 4 heteroatoms. The Bertz CT molecular complexity index is 1560. The van der Waals surface area contributed by atoms with E-state index in [1.165, 1.54) is 64.0 Å². The highest BCUT2D eigenvalue weighted by molar-refractivity contribution is 6.33.